The van der Waals surface area contributed by atoms with Gasteiger partial charge in [0.2, 0.25) is 5.91 Å². The van der Waals surface area contributed by atoms with E-state index in [1.165, 1.54) is 12.1 Å². The predicted octanol–water partition coefficient (Wildman–Crippen LogP) is 3.06. The molecule has 0 bridgehead atoms. The summed E-state index contributed by atoms with van der Waals surface area (Å²) in [4.78, 5) is 25.7. The van der Waals surface area contributed by atoms with Crippen LogP contribution in [0.1, 0.15) is 21.5 Å². The van der Waals surface area contributed by atoms with E-state index < -0.39 is 11.9 Å². The molecule has 0 aromatic heterocycles. The van der Waals surface area contributed by atoms with Gasteiger partial charge in [0, 0.05) is 25.7 Å². The van der Waals surface area contributed by atoms with Crippen molar-refractivity contribution in [3.8, 4) is 5.75 Å². The molecule has 1 saturated heterocycles. The standard InChI is InChI=1S/C23H26N2O5/c1-17-16-18(6-8-21(17)30-15-12-25-10-13-29-14-11-25)7-9-22(26)24-20-5-3-2-4-19(20)23(27)28/h2-9,16H,10-15H2,1H3,(H,24,26)(H,27,28)/b9-7+. The van der Waals surface area contributed by atoms with Crippen molar-refractivity contribution < 1.29 is 24.2 Å². The molecule has 0 spiro atoms. The van der Waals surface area contributed by atoms with Crippen LogP contribution in [-0.4, -0.2) is 61.3 Å². The largest absolute Gasteiger partial charge is 0.492 e. The third-order valence-electron chi connectivity index (χ3n) is 4.81. The van der Waals surface area contributed by atoms with Crippen molar-refractivity contribution in [2.24, 2.45) is 0 Å². The Morgan fingerprint density at radius 2 is 1.97 bits per heavy atom. The number of rotatable bonds is 8. The van der Waals surface area contributed by atoms with Crippen molar-refractivity contribution in [3.05, 3.63) is 65.2 Å². The molecule has 0 unspecified atom stereocenters. The van der Waals surface area contributed by atoms with E-state index in [1.807, 2.05) is 25.1 Å². The maximum Gasteiger partial charge on any atom is 0.337 e. The number of aryl methyl sites for hydroxylation is 1. The number of anilines is 1. The number of amides is 1. The summed E-state index contributed by atoms with van der Waals surface area (Å²) < 4.78 is 11.2. The number of morpholine rings is 1. The van der Waals surface area contributed by atoms with Gasteiger partial charge in [-0.25, -0.2) is 4.79 Å². The highest BCUT2D eigenvalue weighted by molar-refractivity contribution is 6.06. The van der Waals surface area contributed by atoms with Crippen molar-refractivity contribution in [3.63, 3.8) is 0 Å². The summed E-state index contributed by atoms with van der Waals surface area (Å²) in [5, 5.41) is 11.8. The zero-order valence-electron chi connectivity index (χ0n) is 17.0. The number of aromatic carboxylic acids is 1. The van der Waals surface area contributed by atoms with Crippen LogP contribution < -0.4 is 10.1 Å². The quantitative estimate of drug-likeness (QED) is 0.651. The minimum Gasteiger partial charge on any atom is -0.492 e. The zero-order valence-corrected chi connectivity index (χ0v) is 17.0. The Labute approximate surface area is 175 Å². The van der Waals surface area contributed by atoms with Gasteiger partial charge in [-0.2, -0.15) is 0 Å². The Bertz CT molecular complexity index is 920. The number of carbonyl (C=O) groups is 2. The number of hydrogen-bond acceptors (Lipinski definition) is 5. The van der Waals surface area contributed by atoms with Crippen LogP contribution >= 0.6 is 0 Å². The van der Waals surface area contributed by atoms with Crippen LogP contribution in [0.5, 0.6) is 5.75 Å². The number of para-hydroxylation sites is 1. The summed E-state index contributed by atoms with van der Waals surface area (Å²) >= 11 is 0. The Kier molecular flexibility index (Phi) is 7.59. The molecule has 1 amide bonds. The van der Waals surface area contributed by atoms with E-state index in [9.17, 15) is 14.7 Å². The number of nitrogens with zero attached hydrogens (tertiary/aromatic N) is 1. The van der Waals surface area contributed by atoms with E-state index in [2.05, 4.69) is 10.2 Å². The second kappa shape index (κ2) is 10.6. The van der Waals surface area contributed by atoms with Gasteiger partial charge in [-0.05, 0) is 48.4 Å². The van der Waals surface area contributed by atoms with Crippen LogP contribution in [0.2, 0.25) is 0 Å². The van der Waals surface area contributed by atoms with E-state index in [0.29, 0.717) is 6.61 Å². The molecule has 0 aliphatic carbocycles. The summed E-state index contributed by atoms with van der Waals surface area (Å²) in [7, 11) is 0. The Hall–Kier alpha value is -3.16. The molecule has 30 heavy (non-hydrogen) atoms. The fourth-order valence-corrected chi connectivity index (χ4v) is 3.17. The van der Waals surface area contributed by atoms with Gasteiger partial charge >= 0.3 is 5.97 Å². The van der Waals surface area contributed by atoms with Crippen molar-refractivity contribution in [1.29, 1.82) is 0 Å². The molecular weight excluding hydrogens is 384 g/mol. The molecule has 0 radical (unpaired) electrons. The Morgan fingerprint density at radius 1 is 1.20 bits per heavy atom. The third-order valence-corrected chi connectivity index (χ3v) is 4.81. The van der Waals surface area contributed by atoms with Gasteiger partial charge in [0.25, 0.3) is 0 Å². The highest BCUT2D eigenvalue weighted by Gasteiger charge is 2.11. The molecule has 2 aromatic rings. The van der Waals surface area contributed by atoms with Gasteiger partial charge in [-0.1, -0.05) is 18.2 Å². The molecule has 1 fully saturated rings. The first-order valence-corrected chi connectivity index (χ1v) is 9.88. The number of carboxylic acid groups (broad SMARTS) is 1. The lowest BCUT2D eigenvalue weighted by Crippen LogP contribution is -2.38. The molecule has 0 atom stereocenters. The molecule has 1 aliphatic rings. The zero-order chi connectivity index (χ0) is 21.3. The maximum absolute atomic E-state index is 12.2. The third kappa shape index (κ3) is 6.17. The van der Waals surface area contributed by atoms with Crippen LogP contribution in [0.3, 0.4) is 0 Å². The molecule has 7 nitrogen and oxygen atoms in total. The van der Waals surface area contributed by atoms with Gasteiger partial charge < -0.3 is 19.9 Å². The van der Waals surface area contributed by atoms with Gasteiger partial charge in [0.05, 0.1) is 24.5 Å². The summed E-state index contributed by atoms with van der Waals surface area (Å²) in [5.74, 6) is -0.665. The lowest BCUT2D eigenvalue weighted by Gasteiger charge is -2.26. The second-order valence-corrected chi connectivity index (χ2v) is 7.00. The topological polar surface area (TPSA) is 88.1 Å². The fraction of sp³-hybridized carbons (Fsp3) is 0.304. The molecule has 1 aliphatic heterocycles. The van der Waals surface area contributed by atoms with E-state index in [0.717, 1.165) is 49.7 Å². The number of carbonyl (C=O) groups excluding carboxylic acids is 1. The normalized spacial score (nSPS) is 14.6. The average molecular weight is 410 g/mol. The first-order valence-electron chi connectivity index (χ1n) is 9.88. The molecule has 158 valence electrons. The lowest BCUT2D eigenvalue weighted by atomic mass is 10.1. The van der Waals surface area contributed by atoms with Gasteiger partial charge in [-0.15, -0.1) is 0 Å². The number of hydrogen-bond donors (Lipinski definition) is 2. The molecule has 2 aromatic carbocycles. The van der Waals surface area contributed by atoms with Crippen LogP contribution in [0.15, 0.2) is 48.5 Å². The molecular formula is C23H26N2O5. The molecule has 1 heterocycles. The SMILES string of the molecule is Cc1cc(/C=C/C(=O)Nc2ccccc2C(=O)O)ccc1OCCN1CCOCC1. The predicted molar refractivity (Wildman–Crippen MR) is 115 cm³/mol. The van der Waals surface area contributed by atoms with Gasteiger partial charge in [0.1, 0.15) is 12.4 Å². The van der Waals surface area contributed by atoms with Crippen molar-refractivity contribution in [2.45, 2.75) is 6.92 Å². The lowest BCUT2D eigenvalue weighted by molar-refractivity contribution is -0.111. The minimum atomic E-state index is -1.09. The second-order valence-electron chi connectivity index (χ2n) is 7.00. The van der Waals surface area contributed by atoms with Crippen LogP contribution in [-0.2, 0) is 9.53 Å². The van der Waals surface area contributed by atoms with Crippen molar-refractivity contribution in [1.82, 2.24) is 4.90 Å². The minimum absolute atomic E-state index is 0.0497. The molecule has 0 saturated carbocycles. The smallest absolute Gasteiger partial charge is 0.337 e. The molecule has 3 rings (SSSR count). The van der Waals surface area contributed by atoms with E-state index in [1.54, 1.807) is 24.3 Å². The number of ether oxygens (including phenoxy) is 2. The Morgan fingerprint density at radius 3 is 2.70 bits per heavy atom. The first-order chi connectivity index (χ1) is 14.5. The van der Waals surface area contributed by atoms with Crippen molar-refractivity contribution in [2.75, 3.05) is 44.8 Å². The summed E-state index contributed by atoms with van der Waals surface area (Å²) in [6.07, 6.45) is 3.07. The Balaban J connectivity index is 1.53. The van der Waals surface area contributed by atoms with E-state index in [-0.39, 0.29) is 11.3 Å². The summed E-state index contributed by atoms with van der Waals surface area (Å²) in [6.45, 7) is 6.86. The van der Waals surface area contributed by atoms with E-state index >= 15 is 0 Å². The van der Waals surface area contributed by atoms with Gasteiger partial charge in [-0.3, -0.25) is 9.69 Å². The highest BCUT2D eigenvalue weighted by atomic mass is 16.5. The van der Waals surface area contributed by atoms with Gasteiger partial charge in [0.15, 0.2) is 0 Å². The van der Waals surface area contributed by atoms with Crippen LogP contribution in [0.4, 0.5) is 5.69 Å². The molecule has 7 heteroatoms. The van der Waals surface area contributed by atoms with Crippen LogP contribution in [0, 0.1) is 6.92 Å². The summed E-state index contributed by atoms with van der Waals surface area (Å²) in [5.41, 5.74) is 2.15. The highest BCUT2D eigenvalue weighted by Crippen LogP contribution is 2.20. The number of benzene rings is 2. The number of nitrogens with one attached hydrogen (secondary N) is 1. The monoisotopic (exact) mass is 410 g/mol. The average Bonchev–Trinajstić information content (AvgIpc) is 2.74. The number of carboxylic acids is 1. The van der Waals surface area contributed by atoms with Crippen LogP contribution in [0.25, 0.3) is 6.08 Å². The molecule has 2 N–H and O–H groups in total. The maximum atomic E-state index is 12.2. The van der Waals surface area contributed by atoms with E-state index in [4.69, 9.17) is 9.47 Å². The van der Waals surface area contributed by atoms with Crippen molar-refractivity contribution >= 4 is 23.6 Å². The first kappa shape index (κ1) is 21.5. The summed E-state index contributed by atoms with van der Waals surface area (Å²) in [6, 6.07) is 12.0. The fourth-order valence-electron chi connectivity index (χ4n) is 3.17.